The summed E-state index contributed by atoms with van der Waals surface area (Å²) in [6, 6.07) is 3.15. The number of anilines is 1. The van der Waals surface area contributed by atoms with Gasteiger partial charge >= 0.3 is 6.18 Å². The van der Waals surface area contributed by atoms with Crippen LogP contribution in [-0.4, -0.2) is 29.3 Å². The number of nitrogens with one attached hydrogen (secondary N) is 1. The molecule has 0 aliphatic carbocycles. The van der Waals surface area contributed by atoms with Crippen molar-refractivity contribution >= 4 is 29.1 Å². The Bertz CT molecular complexity index is 632. The molecule has 2 rings (SSSR count). The first kappa shape index (κ1) is 17.6. The number of hydrogen-bond donors (Lipinski definition) is 1. The highest BCUT2D eigenvalue weighted by Crippen LogP contribution is 2.36. The second kappa shape index (κ2) is 6.39. The van der Waals surface area contributed by atoms with E-state index in [9.17, 15) is 22.8 Å². The van der Waals surface area contributed by atoms with E-state index in [1.807, 2.05) is 13.8 Å². The van der Waals surface area contributed by atoms with Crippen molar-refractivity contribution in [3.8, 4) is 0 Å². The molecule has 0 aromatic heterocycles. The Morgan fingerprint density at radius 3 is 2.57 bits per heavy atom. The Morgan fingerprint density at radius 2 is 2.04 bits per heavy atom. The highest BCUT2D eigenvalue weighted by molar-refractivity contribution is 6.31. The average Bonchev–Trinajstić information content (AvgIpc) is 2.82. The van der Waals surface area contributed by atoms with Crippen molar-refractivity contribution in [2.45, 2.75) is 32.5 Å². The summed E-state index contributed by atoms with van der Waals surface area (Å²) in [6.07, 6.45) is -4.54. The summed E-state index contributed by atoms with van der Waals surface area (Å²) in [5.74, 6) is -1.18. The smallest absolute Gasteiger partial charge is 0.339 e. The number of hydrogen-bond acceptors (Lipinski definition) is 2. The molecule has 0 radical (unpaired) electrons. The zero-order valence-corrected chi connectivity index (χ0v) is 13.3. The van der Waals surface area contributed by atoms with Crippen LogP contribution in [0.25, 0.3) is 0 Å². The standard InChI is InChI=1S/C15H16ClF3N2O2/c1-8(2)21-7-9(5-13(21)22)14(23)20-10-3-4-12(16)11(6-10)15(17,18)19/h3-4,6,8-9H,5,7H2,1-2H3,(H,20,23)/t9-/m0/s1. The van der Waals surface area contributed by atoms with Gasteiger partial charge in [0, 0.05) is 24.7 Å². The Labute approximate surface area is 136 Å². The summed E-state index contributed by atoms with van der Waals surface area (Å²) >= 11 is 5.53. The fourth-order valence-corrected chi connectivity index (χ4v) is 2.70. The van der Waals surface area contributed by atoms with Crippen molar-refractivity contribution in [3.63, 3.8) is 0 Å². The molecule has 1 N–H and O–H groups in total. The van der Waals surface area contributed by atoms with Crippen LogP contribution in [0.4, 0.5) is 18.9 Å². The summed E-state index contributed by atoms with van der Waals surface area (Å²) in [7, 11) is 0. The zero-order valence-electron chi connectivity index (χ0n) is 12.6. The number of amides is 2. The van der Waals surface area contributed by atoms with E-state index >= 15 is 0 Å². The summed E-state index contributed by atoms with van der Waals surface area (Å²) in [5, 5.41) is 1.99. The van der Waals surface area contributed by atoms with Crippen LogP contribution < -0.4 is 5.32 Å². The van der Waals surface area contributed by atoms with Gasteiger partial charge in [0.05, 0.1) is 16.5 Å². The molecule has 1 atom stereocenters. The van der Waals surface area contributed by atoms with Crippen LogP contribution >= 0.6 is 11.6 Å². The number of likely N-dealkylation sites (tertiary alicyclic amines) is 1. The SMILES string of the molecule is CC(C)N1C[C@@H](C(=O)Nc2ccc(Cl)c(C(F)(F)F)c2)CC1=O. The van der Waals surface area contributed by atoms with Crippen molar-refractivity contribution in [2.24, 2.45) is 5.92 Å². The Morgan fingerprint density at radius 1 is 1.39 bits per heavy atom. The fourth-order valence-electron chi connectivity index (χ4n) is 2.47. The molecule has 0 saturated carbocycles. The van der Waals surface area contributed by atoms with Crippen LogP contribution in [-0.2, 0) is 15.8 Å². The van der Waals surface area contributed by atoms with E-state index in [1.54, 1.807) is 4.90 Å². The number of carbonyl (C=O) groups is 2. The average molecular weight is 349 g/mol. The van der Waals surface area contributed by atoms with Gasteiger partial charge in [0.2, 0.25) is 11.8 Å². The van der Waals surface area contributed by atoms with Gasteiger partial charge in [-0.2, -0.15) is 13.2 Å². The third-order valence-electron chi connectivity index (χ3n) is 3.69. The van der Waals surface area contributed by atoms with Crippen molar-refractivity contribution in [1.82, 2.24) is 4.90 Å². The summed E-state index contributed by atoms with van der Waals surface area (Å²) in [6.45, 7) is 3.95. The minimum atomic E-state index is -4.60. The van der Waals surface area contributed by atoms with E-state index in [0.29, 0.717) is 0 Å². The largest absolute Gasteiger partial charge is 0.417 e. The predicted octanol–water partition coefficient (Wildman–Crippen LogP) is 3.55. The quantitative estimate of drug-likeness (QED) is 0.908. The lowest BCUT2D eigenvalue weighted by Crippen LogP contribution is -2.33. The molecular weight excluding hydrogens is 333 g/mol. The molecule has 8 heteroatoms. The van der Waals surface area contributed by atoms with E-state index in [-0.39, 0.29) is 30.6 Å². The first-order valence-corrected chi connectivity index (χ1v) is 7.44. The molecule has 1 fully saturated rings. The minimum absolute atomic E-state index is 0.00201. The molecule has 0 bridgehead atoms. The molecule has 1 aromatic carbocycles. The molecule has 1 aliphatic rings. The maximum Gasteiger partial charge on any atom is 0.417 e. The molecular formula is C15H16ClF3N2O2. The van der Waals surface area contributed by atoms with Crippen molar-refractivity contribution in [1.29, 1.82) is 0 Å². The third-order valence-corrected chi connectivity index (χ3v) is 4.02. The van der Waals surface area contributed by atoms with Crippen LogP contribution in [0, 0.1) is 5.92 Å². The number of alkyl halides is 3. The van der Waals surface area contributed by atoms with Gasteiger partial charge in [-0.15, -0.1) is 0 Å². The van der Waals surface area contributed by atoms with E-state index in [1.165, 1.54) is 6.07 Å². The lowest BCUT2D eigenvalue weighted by atomic mass is 10.1. The summed E-state index contributed by atoms with van der Waals surface area (Å²) in [5.41, 5.74) is -1.01. The second-order valence-corrected chi connectivity index (χ2v) is 6.13. The van der Waals surface area contributed by atoms with Gasteiger partial charge in [-0.1, -0.05) is 11.6 Å². The Kier molecular flexibility index (Phi) is 4.89. The molecule has 1 aromatic rings. The van der Waals surface area contributed by atoms with Crippen LogP contribution in [0.2, 0.25) is 5.02 Å². The zero-order chi connectivity index (χ0) is 17.4. The molecule has 23 heavy (non-hydrogen) atoms. The predicted molar refractivity (Wildman–Crippen MR) is 80.0 cm³/mol. The molecule has 0 unspecified atom stereocenters. The highest BCUT2D eigenvalue weighted by atomic mass is 35.5. The van der Waals surface area contributed by atoms with Crippen molar-refractivity contribution < 1.29 is 22.8 Å². The molecule has 2 amide bonds. The lowest BCUT2D eigenvalue weighted by molar-refractivity contribution is -0.137. The molecule has 4 nitrogen and oxygen atoms in total. The maximum absolute atomic E-state index is 12.8. The van der Waals surface area contributed by atoms with Gasteiger partial charge in [-0.25, -0.2) is 0 Å². The highest BCUT2D eigenvalue weighted by Gasteiger charge is 2.36. The minimum Gasteiger partial charge on any atom is -0.339 e. The van der Waals surface area contributed by atoms with Gasteiger partial charge in [-0.3, -0.25) is 9.59 Å². The van der Waals surface area contributed by atoms with Crippen LogP contribution in [0.1, 0.15) is 25.8 Å². The summed E-state index contributed by atoms with van der Waals surface area (Å²) in [4.78, 5) is 25.5. The van der Waals surface area contributed by atoms with Gasteiger partial charge in [0.25, 0.3) is 0 Å². The maximum atomic E-state index is 12.8. The first-order chi connectivity index (χ1) is 10.6. The van der Waals surface area contributed by atoms with Crippen LogP contribution in [0.5, 0.6) is 0 Å². The number of rotatable bonds is 3. The number of carbonyl (C=O) groups excluding carboxylic acids is 2. The van der Waals surface area contributed by atoms with Gasteiger partial charge in [-0.05, 0) is 32.0 Å². The van der Waals surface area contributed by atoms with Crippen LogP contribution in [0.3, 0.4) is 0 Å². The monoisotopic (exact) mass is 348 g/mol. The number of nitrogens with zero attached hydrogens (tertiary/aromatic N) is 1. The summed E-state index contributed by atoms with van der Waals surface area (Å²) < 4.78 is 38.4. The molecule has 1 heterocycles. The molecule has 1 aliphatic heterocycles. The third kappa shape index (κ3) is 3.96. The second-order valence-electron chi connectivity index (χ2n) is 5.72. The molecule has 126 valence electrons. The van der Waals surface area contributed by atoms with Crippen molar-refractivity contribution in [2.75, 3.05) is 11.9 Å². The van der Waals surface area contributed by atoms with Crippen molar-refractivity contribution in [3.05, 3.63) is 28.8 Å². The topological polar surface area (TPSA) is 49.4 Å². The first-order valence-electron chi connectivity index (χ1n) is 7.06. The van der Waals surface area contributed by atoms with E-state index in [0.717, 1.165) is 12.1 Å². The Balaban J connectivity index is 2.11. The number of benzene rings is 1. The normalized spacial score (nSPS) is 18.7. The van der Waals surface area contributed by atoms with Gasteiger partial charge in [0.15, 0.2) is 0 Å². The Hall–Kier alpha value is -1.76. The van der Waals surface area contributed by atoms with E-state index in [4.69, 9.17) is 11.6 Å². The van der Waals surface area contributed by atoms with E-state index < -0.39 is 28.6 Å². The molecule has 0 spiro atoms. The van der Waals surface area contributed by atoms with E-state index in [2.05, 4.69) is 5.32 Å². The van der Waals surface area contributed by atoms with Crippen LogP contribution in [0.15, 0.2) is 18.2 Å². The van der Waals surface area contributed by atoms with Gasteiger partial charge < -0.3 is 10.2 Å². The van der Waals surface area contributed by atoms with Gasteiger partial charge in [0.1, 0.15) is 0 Å². The molecule has 1 saturated heterocycles. The lowest BCUT2D eigenvalue weighted by Gasteiger charge is -2.20. The number of halogens is 4. The fraction of sp³-hybridized carbons (Fsp3) is 0.467.